The third kappa shape index (κ3) is 4.36. The molecule has 114 valence electrons. The van der Waals surface area contributed by atoms with Crippen molar-refractivity contribution in [1.82, 2.24) is 10.2 Å². The predicted octanol–water partition coefficient (Wildman–Crippen LogP) is 3.90. The third-order valence-corrected chi connectivity index (χ3v) is 5.96. The summed E-state index contributed by atoms with van der Waals surface area (Å²) in [5, 5.41) is 19.6. The summed E-state index contributed by atoms with van der Waals surface area (Å²) in [5.41, 5.74) is 0.934. The highest BCUT2D eigenvalue weighted by Gasteiger charge is 2.17. The first-order valence-electron chi connectivity index (χ1n) is 6.08. The maximum absolute atomic E-state index is 12.2. The molecule has 0 aliphatic rings. The molecule has 0 radical (unpaired) electrons. The predicted molar refractivity (Wildman–Crippen MR) is 91.8 cm³/mol. The van der Waals surface area contributed by atoms with Crippen LogP contribution in [0.3, 0.4) is 0 Å². The topological polar surface area (TPSA) is 78.7 Å². The Hall–Kier alpha value is -1.27. The van der Waals surface area contributed by atoms with Gasteiger partial charge in [-0.05, 0) is 31.4 Å². The van der Waals surface area contributed by atoms with Gasteiger partial charge < -0.3 is 5.32 Å². The normalized spacial score (nSPS) is 11.7. The second-order valence-electron chi connectivity index (χ2n) is 4.09. The average molecular weight is 371 g/mol. The molecule has 9 heteroatoms. The number of hydrogen-bond donors (Lipinski definition) is 1. The quantitative estimate of drug-likeness (QED) is 0.804. The minimum absolute atomic E-state index is 0.160. The van der Waals surface area contributed by atoms with Gasteiger partial charge in [-0.3, -0.25) is 4.79 Å². The van der Waals surface area contributed by atoms with Crippen LogP contribution in [0.25, 0.3) is 0 Å². The Morgan fingerprint density at radius 1 is 1.45 bits per heavy atom. The van der Waals surface area contributed by atoms with Gasteiger partial charge in [0.1, 0.15) is 6.07 Å². The number of benzene rings is 1. The number of nitriles is 1. The van der Waals surface area contributed by atoms with Crippen LogP contribution >= 0.6 is 46.5 Å². The second kappa shape index (κ2) is 7.83. The highest BCUT2D eigenvalue weighted by molar-refractivity contribution is 8.03. The lowest BCUT2D eigenvalue weighted by Crippen LogP contribution is -2.22. The molecule has 0 bridgehead atoms. The largest absolute Gasteiger partial charge is 0.325 e. The molecular weight excluding hydrogens is 360 g/mol. The summed E-state index contributed by atoms with van der Waals surface area (Å²) < 4.78 is 1.62. The SMILES string of the molecule is CSc1nnc(S[C@H](C)C(=O)Nc2ccc(C#N)c(Cl)c2)s1. The van der Waals surface area contributed by atoms with E-state index in [9.17, 15) is 4.79 Å². The van der Waals surface area contributed by atoms with Gasteiger partial charge in [0.25, 0.3) is 0 Å². The number of thioether (sulfide) groups is 2. The Morgan fingerprint density at radius 3 is 2.77 bits per heavy atom. The van der Waals surface area contributed by atoms with E-state index in [1.165, 1.54) is 34.9 Å². The van der Waals surface area contributed by atoms with Gasteiger partial charge in [0.05, 0.1) is 15.8 Å². The minimum atomic E-state index is -0.322. The van der Waals surface area contributed by atoms with Crippen molar-refractivity contribution in [3.8, 4) is 6.07 Å². The number of aromatic nitrogens is 2. The number of amides is 1. The molecule has 0 aliphatic carbocycles. The maximum Gasteiger partial charge on any atom is 0.237 e. The average Bonchev–Trinajstić information content (AvgIpc) is 2.95. The lowest BCUT2D eigenvalue weighted by atomic mass is 10.2. The Balaban J connectivity index is 1.99. The number of nitrogens with one attached hydrogen (secondary N) is 1. The summed E-state index contributed by atoms with van der Waals surface area (Å²) in [4.78, 5) is 12.2. The van der Waals surface area contributed by atoms with Crippen LogP contribution in [0.5, 0.6) is 0 Å². The maximum atomic E-state index is 12.2. The van der Waals surface area contributed by atoms with Crippen molar-refractivity contribution in [2.75, 3.05) is 11.6 Å². The van der Waals surface area contributed by atoms with E-state index < -0.39 is 0 Å². The zero-order valence-corrected chi connectivity index (χ0v) is 14.9. The van der Waals surface area contributed by atoms with E-state index in [0.29, 0.717) is 16.3 Å². The standard InChI is InChI=1S/C13H11ClN4OS3/c1-7(21-13-18-17-12(20-2)22-13)11(19)16-9-4-3-8(6-15)10(14)5-9/h3-5,7H,1-2H3,(H,16,19)/t7-/m1/s1. The van der Waals surface area contributed by atoms with Crippen molar-refractivity contribution in [3.05, 3.63) is 28.8 Å². The number of nitrogens with zero attached hydrogens (tertiary/aromatic N) is 3. The highest BCUT2D eigenvalue weighted by atomic mass is 35.5. The molecule has 0 unspecified atom stereocenters. The molecular formula is C13H11ClN4OS3. The first-order valence-corrected chi connectivity index (χ1v) is 9.38. The molecule has 1 aromatic heterocycles. The second-order valence-corrected chi connectivity index (χ2v) is 8.12. The van der Waals surface area contributed by atoms with Crippen LogP contribution < -0.4 is 5.32 Å². The summed E-state index contributed by atoms with van der Waals surface area (Å²) in [7, 11) is 0. The molecule has 2 aromatic rings. The summed E-state index contributed by atoms with van der Waals surface area (Å²) in [6, 6.07) is 6.76. The fraction of sp³-hybridized carbons (Fsp3) is 0.231. The van der Waals surface area contributed by atoms with Gasteiger partial charge in [-0.15, -0.1) is 10.2 Å². The molecule has 1 aromatic carbocycles. The van der Waals surface area contributed by atoms with Crippen LogP contribution in [0.1, 0.15) is 12.5 Å². The Kier molecular flexibility index (Phi) is 6.08. The lowest BCUT2D eigenvalue weighted by molar-refractivity contribution is -0.115. The van der Waals surface area contributed by atoms with Gasteiger partial charge in [0.15, 0.2) is 8.68 Å². The van der Waals surface area contributed by atoms with Crippen LogP contribution in [0.4, 0.5) is 5.69 Å². The van der Waals surface area contributed by atoms with Crippen LogP contribution in [-0.2, 0) is 4.79 Å². The smallest absolute Gasteiger partial charge is 0.237 e. The molecule has 1 atom stereocenters. The number of anilines is 1. The van der Waals surface area contributed by atoms with Gasteiger partial charge in [0.2, 0.25) is 5.91 Å². The van der Waals surface area contributed by atoms with Gasteiger partial charge in [0, 0.05) is 5.69 Å². The first-order chi connectivity index (χ1) is 10.5. The number of rotatable bonds is 5. The lowest BCUT2D eigenvalue weighted by Gasteiger charge is -2.10. The van der Waals surface area contributed by atoms with E-state index in [2.05, 4.69) is 15.5 Å². The molecule has 2 rings (SSSR count). The molecule has 0 saturated carbocycles. The molecule has 0 saturated heterocycles. The van der Waals surface area contributed by atoms with Crippen molar-refractivity contribution in [1.29, 1.82) is 5.26 Å². The van der Waals surface area contributed by atoms with Crippen molar-refractivity contribution in [3.63, 3.8) is 0 Å². The van der Waals surface area contributed by atoms with E-state index in [1.807, 2.05) is 12.3 Å². The molecule has 1 heterocycles. The molecule has 0 aliphatic heterocycles. The van der Waals surface area contributed by atoms with Crippen molar-refractivity contribution in [2.24, 2.45) is 0 Å². The number of carbonyl (C=O) groups excluding carboxylic acids is 1. The van der Waals surface area contributed by atoms with Crippen LogP contribution in [0, 0.1) is 11.3 Å². The number of hydrogen-bond acceptors (Lipinski definition) is 7. The Labute approximate surface area is 145 Å². The molecule has 22 heavy (non-hydrogen) atoms. The van der Waals surface area contributed by atoms with Gasteiger partial charge in [-0.25, -0.2) is 0 Å². The van der Waals surface area contributed by atoms with Gasteiger partial charge in [-0.1, -0.05) is 46.5 Å². The Morgan fingerprint density at radius 2 is 2.18 bits per heavy atom. The van der Waals surface area contributed by atoms with Crippen molar-refractivity contribution < 1.29 is 4.79 Å². The van der Waals surface area contributed by atoms with E-state index in [4.69, 9.17) is 16.9 Å². The highest BCUT2D eigenvalue weighted by Crippen LogP contribution is 2.30. The van der Waals surface area contributed by atoms with Crippen molar-refractivity contribution in [2.45, 2.75) is 20.9 Å². The molecule has 0 fully saturated rings. The molecule has 5 nitrogen and oxygen atoms in total. The number of carbonyl (C=O) groups is 1. The van der Waals surface area contributed by atoms with E-state index >= 15 is 0 Å². The molecule has 0 spiro atoms. The fourth-order valence-corrected chi connectivity index (χ4v) is 4.26. The molecule has 1 N–H and O–H groups in total. The minimum Gasteiger partial charge on any atom is -0.325 e. The van der Waals surface area contributed by atoms with Crippen LogP contribution in [0.2, 0.25) is 5.02 Å². The fourth-order valence-electron chi connectivity index (χ4n) is 1.46. The third-order valence-electron chi connectivity index (χ3n) is 2.57. The summed E-state index contributed by atoms with van der Waals surface area (Å²) in [6.45, 7) is 1.80. The van der Waals surface area contributed by atoms with Crippen LogP contribution in [-0.4, -0.2) is 27.6 Å². The van der Waals surface area contributed by atoms with Gasteiger partial charge in [-0.2, -0.15) is 5.26 Å². The van der Waals surface area contributed by atoms with E-state index in [-0.39, 0.29) is 11.2 Å². The van der Waals surface area contributed by atoms with Crippen molar-refractivity contribution >= 4 is 58.1 Å². The zero-order valence-electron chi connectivity index (χ0n) is 11.7. The van der Waals surface area contributed by atoms with E-state index in [0.717, 1.165) is 8.68 Å². The number of halogens is 1. The molecule has 1 amide bonds. The van der Waals surface area contributed by atoms with Crippen LogP contribution in [0.15, 0.2) is 26.9 Å². The zero-order chi connectivity index (χ0) is 16.1. The summed E-state index contributed by atoms with van der Waals surface area (Å²) >= 11 is 10.3. The Bertz CT molecular complexity index is 728. The summed E-state index contributed by atoms with van der Waals surface area (Å²) in [5.74, 6) is -0.160. The van der Waals surface area contributed by atoms with E-state index in [1.54, 1.807) is 25.1 Å². The first kappa shape index (κ1) is 17.1. The monoisotopic (exact) mass is 370 g/mol. The van der Waals surface area contributed by atoms with Gasteiger partial charge >= 0.3 is 0 Å². The summed E-state index contributed by atoms with van der Waals surface area (Å²) in [6.07, 6.45) is 1.93.